The van der Waals surface area contributed by atoms with Crippen LogP contribution in [0.5, 0.6) is 5.75 Å². The van der Waals surface area contributed by atoms with Gasteiger partial charge in [-0.1, -0.05) is 26.0 Å². The Hall–Kier alpha value is -1.31. The number of aromatic hydroxyl groups is 1. The van der Waals surface area contributed by atoms with E-state index in [-0.39, 0.29) is 5.75 Å². The topological polar surface area (TPSA) is 44.1 Å². The highest BCUT2D eigenvalue weighted by molar-refractivity contribution is 5.81. The summed E-state index contributed by atoms with van der Waals surface area (Å²) in [5, 5.41) is 16.8. The molecule has 13 heavy (non-hydrogen) atoms. The van der Waals surface area contributed by atoms with Gasteiger partial charge in [-0.25, -0.2) is 0 Å². The number of phenols is 1. The second kappa shape index (κ2) is 4.08. The fourth-order valence-electron chi connectivity index (χ4n) is 1.33. The van der Waals surface area contributed by atoms with E-state index in [9.17, 15) is 5.11 Å². The number of benzene rings is 1. The molecule has 0 atom stereocenters. The second-order valence-corrected chi connectivity index (χ2v) is 3.60. The summed E-state index contributed by atoms with van der Waals surface area (Å²) in [7, 11) is 0. The largest absolute Gasteiger partial charge is 0.507 e. The molecule has 0 saturated heterocycles. The molecule has 0 heterocycles. The quantitative estimate of drug-likeness (QED) is 0.685. The molecule has 0 spiro atoms. The van der Waals surface area contributed by atoms with Crippen LogP contribution in [0.2, 0.25) is 0 Å². The summed E-state index contributed by atoms with van der Waals surface area (Å²) >= 11 is 0. The van der Waals surface area contributed by atoms with Gasteiger partial charge in [-0.3, -0.25) is 0 Å². The van der Waals surface area contributed by atoms with Crippen LogP contribution in [-0.4, -0.2) is 11.3 Å². The minimum absolute atomic E-state index is 0.256. The van der Waals surface area contributed by atoms with Crippen molar-refractivity contribution in [3.63, 3.8) is 0 Å². The van der Waals surface area contributed by atoms with Gasteiger partial charge in [0.2, 0.25) is 0 Å². The van der Waals surface area contributed by atoms with Crippen LogP contribution < -0.4 is 0 Å². The molecular weight excluding hydrogens is 162 g/mol. The Morgan fingerprint density at radius 1 is 1.46 bits per heavy atom. The summed E-state index contributed by atoms with van der Waals surface area (Å²) in [5.74, 6) is 0.776. The summed E-state index contributed by atoms with van der Waals surface area (Å²) in [6.45, 7) is 4.22. The number of hydrogen-bond donors (Lipinski definition) is 2. The monoisotopic (exact) mass is 177 g/mol. The minimum atomic E-state index is 0.256. The summed E-state index contributed by atoms with van der Waals surface area (Å²) < 4.78 is 0. The number of rotatable bonds is 3. The maximum absolute atomic E-state index is 9.69. The van der Waals surface area contributed by atoms with Gasteiger partial charge in [-0.05, 0) is 24.0 Å². The van der Waals surface area contributed by atoms with Crippen molar-refractivity contribution in [1.82, 2.24) is 0 Å². The Labute approximate surface area is 78.7 Å². The van der Waals surface area contributed by atoms with Gasteiger partial charge in [-0.15, -0.1) is 0 Å². The van der Waals surface area contributed by atoms with Crippen LogP contribution in [0.15, 0.2) is 18.2 Å². The molecule has 0 bridgehead atoms. The van der Waals surface area contributed by atoms with Crippen molar-refractivity contribution < 1.29 is 5.11 Å². The molecule has 70 valence electrons. The van der Waals surface area contributed by atoms with E-state index in [1.807, 2.05) is 12.1 Å². The van der Waals surface area contributed by atoms with Crippen molar-refractivity contribution in [1.29, 1.82) is 5.41 Å². The van der Waals surface area contributed by atoms with Gasteiger partial charge in [0.15, 0.2) is 0 Å². The Balaban J connectivity index is 3.01. The smallest absolute Gasteiger partial charge is 0.127 e. The maximum Gasteiger partial charge on any atom is 0.127 e. The predicted octanol–water partition coefficient (Wildman–Crippen LogP) is 2.59. The predicted molar refractivity (Wildman–Crippen MR) is 54.5 cm³/mol. The standard InChI is InChI=1S/C11H15NO/c1-8(2)6-9-4-3-5-10(7-12)11(9)13/h3-5,7-8,12-13H,6H2,1-2H3. The van der Waals surface area contributed by atoms with Gasteiger partial charge in [0.05, 0.1) is 0 Å². The molecule has 0 radical (unpaired) electrons. The first-order valence-corrected chi connectivity index (χ1v) is 4.46. The van der Waals surface area contributed by atoms with Crippen LogP contribution in [0.25, 0.3) is 0 Å². The molecule has 2 nitrogen and oxygen atoms in total. The van der Waals surface area contributed by atoms with E-state index in [1.165, 1.54) is 6.21 Å². The molecule has 0 aliphatic rings. The average molecular weight is 177 g/mol. The molecule has 1 aromatic rings. The van der Waals surface area contributed by atoms with Gasteiger partial charge in [0.1, 0.15) is 5.75 Å². The second-order valence-electron chi connectivity index (χ2n) is 3.60. The van der Waals surface area contributed by atoms with Crippen LogP contribution in [0, 0.1) is 11.3 Å². The molecular formula is C11H15NO. The van der Waals surface area contributed by atoms with Gasteiger partial charge in [0.25, 0.3) is 0 Å². The van der Waals surface area contributed by atoms with E-state index in [0.29, 0.717) is 11.5 Å². The third kappa shape index (κ3) is 2.31. The highest BCUT2D eigenvalue weighted by Gasteiger charge is 2.06. The fourth-order valence-corrected chi connectivity index (χ4v) is 1.33. The molecule has 0 saturated carbocycles. The number of para-hydroxylation sites is 1. The zero-order valence-corrected chi connectivity index (χ0v) is 8.04. The third-order valence-corrected chi connectivity index (χ3v) is 1.93. The maximum atomic E-state index is 9.69. The number of phenolic OH excluding ortho intramolecular Hbond substituents is 1. The van der Waals surface area contributed by atoms with Crippen LogP contribution in [0.1, 0.15) is 25.0 Å². The lowest BCUT2D eigenvalue weighted by molar-refractivity contribution is 0.461. The van der Waals surface area contributed by atoms with Crippen molar-refractivity contribution >= 4 is 6.21 Å². The van der Waals surface area contributed by atoms with E-state index in [4.69, 9.17) is 5.41 Å². The van der Waals surface area contributed by atoms with Gasteiger partial charge in [0, 0.05) is 11.8 Å². The van der Waals surface area contributed by atoms with Crippen LogP contribution in [0.3, 0.4) is 0 Å². The first-order chi connectivity index (χ1) is 6.15. The lowest BCUT2D eigenvalue weighted by atomic mass is 10.00. The summed E-state index contributed by atoms with van der Waals surface area (Å²) in [4.78, 5) is 0. The first kappa shape index (κ1) is 9.78. The SMILES string of the molecule is CC(C)Cc1cccc(C=N)c1O. The lowest BCUT2D eigenvalue weighted by Crippen LogP contribution is -1.96. The van der Waals surface area contributed by atoms with Crippen LogP contribution >= 0.6 is 0 Å². The number of hydrogen-bond acceptors (Lipinski definition) is 2. The Morgan fingerprint density at radius 2 is 2.15 bits per heavy atom. The van der Waals surface area contributed by atoms with E-state index >= 15 is 0 Å². The van der Waals surface area contributed by atoms with E-state index in [1.54, 1.807) is 6.07 Å². The molecule has 0 amide bonds. The van der Waals surface area contributed by atoms with Crippen LogP contribution in [-0.2, 0) is 6.42 Å². The average Bonchev–Trinajstić information content (AvgIpc) is 2.08. The van der Waals surface area contributed by atoms with E-state index in [2.05, 4.69) is 13.8 Å². The highest BCUT2D eigenvalue weighted by Crippen LogP contribution is 2.23. The molecule has 0 unspecified atom stereocenters. The normalized spacial score (nSPS) is 10.4. The van der Waals surface area contributed by atoms with Gasteiger partial charge in [-0.2, -0.15) is 0 Å². The Morgan fingerprint density at radius 3 is 2.69 bits per heavy atom. The zero-order valence-electron chi connectivity index (χ0n) is 8.04. The van der Waals surface area contributed by atoms with Crippen LogP contribution in [0.4, 0.5) is 0 Å². The molecule has 1 rings (SSSR count). The molecule has 0 fully saturated rings. The van der Waals surface area contributed by atoms with Crippen molar-refractivity contribution in [2.24, 2.45) is 5.92 Å². The van der Waals surface area contributed by atoms with Crippen molar-refractivity contribution in [2.75, 3.05) is 0 Å². The van der Waals surface area contributed by atoms with Crippen molar-refractivity contribution in [2.45, 2.75) is 20.3 Å². The lowest BCUT2D eigenvalue weighted by Gasteiger charge is -2.08. The number of nitrogens with one attached hydrogen (secondary N) is 1. The molecule has 0 aliphatic carbocycles. The summed E-state index contributed by atoms with van der Waals surface area (Å²) in [5.41, 5.74) is 1.52. The third-order valence-electron chi connectivity index (χ3n) is 1.93. The fraction of sp³-hybridized carbons (Fsp3) is 0.364. The molecule has 2 N–H and O–H groups in total. The van der Waals surface area contributed by atoms with Crippen molar-refractivity contribution in [3.8, 4) is 5.75 Å². The molecule has 0 aliphatic heterocycles. The Bertz CT molecular complexity index is 305. The summed E-state index contributed by atoms with van der Waals surface area (Å²) in [6.07, 6.45) is 2.03. The first-order valence-electron chi connectivity index (χ1n) is 4.46. The van der Waals surface area contributed by atoms with E-state index in [0.717, 1.165) is 12.0 Å². The van der Waals surface area contributed by atoms with Crippen molar-refractivity contribution in [3.05, 3.63) is 29.3 Å². The minimum Gasteiger partial charge on any atom is -0.507 e. The zero-order chi connectivity index (χ0) is 9.84. The molecule has 0 aromatic heterocycles. The van der Waals surface area contributed by atoms with Gasteiger partial charge < -0.3 is 10.5 Å². The summed E-state index contributed by atoms with van der Waals surface area (Å²) in [6, 6.07) is 5.52. The molecule has 2 heteroatoms. The highest BCUT2D eigenvalue weighted by atomic mass is 16.3. The molecule has 1 aromatic carbocycles. The van der Waals surface area contributed by atoms with Gasteiger partial charge >= 0.3 is 0 Å². The Kier molecular flexibility index (Phi) is 3.07. The van der Waals surface area contributed by atoms with E-state index < -0.39 is 0 Å².